The number of hydrogen-bond acceptors (Lipinski definition) is 2. The van der Waals surface area contributed by atoms with E-state index in [2.05, 4.69) is 10.3 Å². The van der Waals surface area contributed by atoms with E-state index in [-0.39, 0.29) is 12.5 Å². The van der Waals surface area contributed by atoms with E-state index in [1.54, 1.807) is 0 Å². The zero-order chi connectivity index (χ0) is 11.8. The first-order chi connectivity index (χ1) is 7.53. The molecule has 5 nitrogen and oxygen atoms in total. The van der Waals surface area contributed by atoms with Gasteiger partial charge in [0, 0.05) is 12.7 Å². The average Bonchev–Trinajstić information content (AvgIpc) is 2.92. The topological polar surface area (TPSA) is 82.2 Å². The maximum atomic E-state index is 11.6. The quantitative estimate of drug-likeness (QED) is 0.744. The van der Waals surface area contributed by atoms with E-state index >= 15 is 0 Å². The lowest BCUT2D eigenvalue weighted by Crippen LogP contribution is -2.34. The monoisotopic (exact) mass is 242 g/mol. The number of carboxylic acid groups (broad SMARTS) is 1. The predicted molar refractivity (Wildman–Crippen MR) is 57.4 cm³/mol. The van der Waals surface area contributed by atoms with Crippen LogP contribution in [0.2, 0.25) is 5.02 Å². The molecule has 0 atom stereocenters. The number of H-pyrrole nitrogens is 1. The van der Waals surface area contributed by atoms with Gasteiger partial charge in [0.1, 0.15) is 5.69 Å². The molecular weight excluding hydrogens is 232 g/mol. The van der Waals surface area contributed by atoms with E-state index in [1.165, 1.54) is 12.3 Å². The standard InChI is InChI=1S/C10H11ClN2O3/c11-6-3-7(12-4-6)8(14)13-5-10(1-2-10)9(15)16/h3-4,12H,1-2,5H2,(H,13,14)(H,15,16). The normalized spacial score (nSPS) is 16.8. The summed E-state index contributed by atoms with van der Waals surface area (Å²) in [4.78, 5) is 25.1. The zero-order valence-electron chi connectivity index (χ0n) is 8.42. The zero-order valence-corrected chi connectivity index (χ0v) is 9.17. The van der Waals surface area contributed by atoms with E-state index in [0.29, 0.717) is 23.6 Å². The van der Waals surface area contributed by atoms with Gasteiger partial charge in [-0.15, -0.1) is 0 Å². The fourth-order valence-corrected chi connectivity index (χ4v) is 1.62. The van der Waals surface area contributed by atoms with Crippen LogP contribution in [0.25, 0.3) is 0 Å². The van der Waals surface area contributed by atoms with Crippen LogP contribution in [0.3, 0.4) is 0 Å². The van der Waals surface area contributed by atoms with Crippen LogP contribution in [0.15, 0.2) is 12.3 Å². The number of nitrogens with one attached hydrogen (secondary N) is 2. The Morgan fingerprint density at radius 2 is 2.25 bits per heavy atom. The molecular formula is C10H11ClN2O3. The van der Waals surface area contributed by atoms with Gasteiger partial charge in [-0.3, -0.25) is 9.59 Å². The number of hydrogen-bond donors (Lipinski definition) is 3. The number of rotatable bonds is 4. The van der Waals surface area contributed by atoms with Crippen molar-refractivity contribution >= 4 is 23.5 Å². The Kier molecular flexibility index (Phi) is 2.63. The summed E-state index contributed by atoms with van der Waals surface area (Å²) in [6, 6.07) is 1.50. The summed E-state index contributed by atoms with van der Waals surface area (Å²) in [6.07, 6.45) is 2.74. The second kappa shape index (κ2) is 3.83. The second-order valence-corrected chi connectivity index (χ2v) is 4.44. The van der Waals surface area contributed by atoms with E-state index < -0.39 is 11.4 Å². The number of carboxylic acids is 1. The second-order valence-electron chi connectivity index (χ2n) is 4.00. The number of aromatic nitrogens is 1. The van der Waals surface area contributed by atoms with Crippen molar-refractivity contribution < 1.29 is 14.7 Å². The van der Waals surface area contributed by atoms with Crippen LogP contribution in [-0.2, 0) is 4.79 Å². The van der Waals surface area contributed by atoms with Crippen LogP contribution in [0.5, 0.6) is 0 Å². The molecule has 2 rings (SSSR count). The van der Waals surface area contributed by atoms with Crippen molar-refractivity contribution in [2.45, 2.75) is 12.8 Å². The fraction of sp³-hybridized carbons (Fsp3) is 0.400. The lowest BCUT2D eigenvalue weighted by Gasteiger charge is -2.10. The van der Waals surface area contributed by atoms with Crippen LogP contribution in [-0.4, -0.2) is 28.5 Å². The SMILES string of the molecule is O=C(NCC1(C(=O)O)CC1)c1cc(Cl)c[nH]1. The molecule has 0 saturated heterocycles. The minimum absolute atomic E-state index is 0.164. The van der Waals surface area contributed by atoms with Crippen LogP contribution in [0, 0.1) is 5.41 Å². The molecule has 86 valence electrons. The predicted octanol–water partition coefficient (Wildman–Crippen LogP) is 1.26. The Morgan fingerprint density at radius 3 is 2.69 bits per heavy atom. The summed E-state index contributed by atoms with van der Waals surface area (Å²) in [6.45, 7) is 0.164. The summed E-state index contributed by atoms with van der Waals surface area (Å²) in [5, 5.41) is 11.9. The lowest BCUT2D eigenvalue weighted by molar-refractivity contribution is -0.143. The molecule has 0 aromatic carbocycles. The van der Waals surface area contributed by atoms with Gasteiger partial charge in [-0.05, 0) is 18.9 Å². The minimum atomic E-state index is -0.850. The molecule has 1 amide bonds. The fourth-order valence-electron chi connectivity index (χ4n) is 1.46. The Balaban J connectivity index is 1.92. The lowest BCUT2D eigenvalue weighted by atomic mass is 10.1. The van der Waals surface area contributed by atoms with Crippen LogP contribution in [0.4, 0.5) is 0 Å². The minimum Gasteiger partial charge on any atom is -0.481 e. The highest BCUT2D eigenvalue weighted by atomic mass is 35.5. The molecule has 1 aromatic heterocycles. The molecule has 0 bridgehead atoms. The Bertz CT molecular complexity index is 437. The number of halogens is 1. The van der Waals surface area contributed by atoms with Crippen molar-refractivity contribution in [1.82, 2.24) is 10.3 Å². The molecule has 1 saturated carbocycles. The van der Waals surface area contributed by atoms with Gasteiger partial charge < -0.3 is 15.4 Å². The highest BCUT2D eigenvalue weighted by Crippen LogP contribution is 2.45. The molecule has 16 heavy (non-hydrogen) atoms. The molecule has 1 aliphatic carbocycles. The number of aliphatic carboxylic acids is 1. The van der Waals surface area contributed by atoms with E-state index in [4.69, 9.17) is 16.7 Å². The third kappa shape index (κ3) is 2.04. The maximum absolute atomic E-state index is 11.6. The van der Waals surface area contributed by atoms with E-state index in [9.17, 15) is 9.59 Å². The summed E-state index contributed by atoms with van der Waals surface area (Å²) < 4.78 is 0. The van der Waals surface area contributed by atoms with Gasteiger partial charge in [-0.1, -0.05) is 11.6 Å². The molecule has 1 fully saturated rings. The van der Waals surface area contributed by atoms with Crippen LogP contribution < -0.4 is 5.32 Å². The third-order valence-electron chi connectivity index (χ3n) is 2.79. The van der Waals surface area contributed by atoms with Crippen molar-refractivity contribution in [3.63, 3.8) is 0 Å². The molecule has 1 aromatic rings. The first-order valence-corrected chi connectivity index (χ1v) is 5.27. The molecule has 6 heteroatoms. The van der Waals surface area contributed by atoms with Crippen LogP contribution >= 0.6 is 11.6 Å². The average molecular weight is 243 g/mol. The Labute approximate surface area is 96.8 Å². The van der Waals surface area contributed by atoms with E-state index in [0.717, 1.165) is 0 Å². The van der Waals surface area contributed by atoms with Crippen molar-refractivity contribution in [2.24, 2.45) is 5.41 Å². The third-order valence-corrected chi connectivity index (χ3v) is 3.01. The van der Waals surface area contributed by atoms with Crippen LogP contribution in [0.1, 0.15) is 23.3 Å². The maximum Gasteiger partial charge on any atom is 0.311 e. The van der Waals surface area contributed by atoms with Gasteiger partial charge >= 0.3 is 5.97 Å². The van der Waals surface area contributed by atoms with E-state index in [1.807, 2.05) is 0 Å². The molecule has 0 radical (unpaired) electrons. The number of carbonyl (C=O) groups is 2. The molecule has 0 spiro atoms. The number of amides is 1. The van der Waals surface area contributed by atoms with Gasteiger partial charge in [0.25, 0.3) is 5.91 Å². The number of carbonyl (C=O) groups excluding carboxylic acids is 1. The highest BCUT2D eigenvalue weighted by Gasteiger charge is 2.50. The van der Waals surface area contributed by atoms with Crippen molar-refractivity contribution in [2.75, 3.05) is 6.54 Å². The Hall–Kier alpha value is -1.49. The summed E-state index contributed by atoms with van der Waals surface area (Å²) in [5.74, 6) is -1.18. The highest BCUT2D eigenvalue weighted by molar-refractivity contribution is 6.30. The van der Waals surface area contributed by atoms with Gasteiger partial charge in [0.2, 0.25) is 0 Å². The summed E-state index contributed by atoms with van der Waals surface area (Å²) in [5.41, 5.74) is -0.405. The molecule has 3 N–H and O–H groups in total. The first kappa shape index (κ1) is 11.0. The van der Waals surface area contributed by atoms with Crippen molar-refractivity contribution in [3.05, 3.63) is 23.0 Å². The molecule has 0 unspecified atom stereocenters. The van der Waals surface area contributed by atoms with Gasteiger partial charge in [-0.25, -0.2) is 0 Å². The summed E-state index contributed by atoms with van der Waals surface area (Å²) >= 11 is 5.65. The largest absolute Gasteiger partial charge is 0.481 e. The Morgan fingerprint density at radius 1 is 1.56 bits per heavy atom. The molecule has 1 heterocycles. The van der Waals surface area contributed by atoms with Gasteiger partial charge in [0.05, 0.1) is 10.4 Å². The smallest absolute Gasteiger partial charge is 0.311 e. The van der Waals surface area contributed by atoms with Gasteiger partial charge in [0.15, 0.2) is 0 Å². The van der Waals surface area contributed by atoms with Crippen molar-refractivity contribution in [1.29, 1.82) is 0 Å². The summed E-state index contributed by atoms with van der Waals surface area (Å²) in [7, 11) is 0. The first-order valence-electron chi connectivity index (χ1n) is 4.89. The molecule has 0 aliphatic heterocycles. The van der Waals surface area contributed by atoms with Crippen molar-refractivity contribution in [3.8, 4) is 0 Å². The molecule has 1 aliphatic rings. The number of aromatic amines is 1. The van der Waals surface area contributed by atoms with Gasteiger partial charge in [-0.2, -0.15) is 0 Å².